The number of nitrogens with zero attached hydrogens (tertiary/aromatic N) is 8. The third-order valence-electron chi connectivity index (χ3n) is 7.70. The molecule has 1 fully saturated rings. The van der Waals surface area contributed by atoms with Crippen LogP contribution < -0.4 is 0 Å². The van der Waals surface area contributed by atoms with Gasteiger partial charge in [-0.1, -0.05) is 60.7 Å². The minimum atomic E-state index is 0.351. The number of hydrogen-bond acceptors (Lipinski definition) is 7. The van der Waals surface area contributed by atoms with Crippen molar-refractivity contribution in [3.05, 3.63) is 108 Å². The van der Waals surface area contributed by atoms with Gasteiger partial charge >= 0.3 is 0 Å². The topological polar surface area (TPSA) is 112 Å². The lowest BCUT2D eigenvalue weighted by Gasteiger charge is -2.30. The van der Waals surface area contributed by atoms with E-state index in [2.05, 4.69) is 67.5 Å². The Morgan fingerprint density at radius 3 is 2.44 bits per heavy atom. The third-order valence-corrected chi connectivity index (χ3v) is 7.70. The molecule has 0 bridgehead atoms. The molecule has 41 heavy (non-hydrogen) atoms. The normalized spacial score (nSPS) is 14.3. The molecule has 0 unspecified atom stereocenters. The first-order valence-corrected chi connectivity index (χ1v) is 13.7. The molecule has 1 saturated heterocycles. The number of aromatic nitrogens is 7. The average molecular weight is 538 g/mol. The number of imidazole rings is 1. The number of rotatable bonds is 6. The number of H-pyrrole nitrogens is 1. The van der Waals surface area contributed by atoms with E-state index in [0.29, 0.717) is 17.4 Å². The molecule has 9 nitrogen and oxygen atoms in total. The van der Waals surface area contributed by atoms with Crippen LogP contribution in [0.4, 0.5) is 0 Å². The van der Waals surface area contributed by atoms with Crippen molar-refractivity contribution in [3.63, 3.8) is 0 Å². The summed E-state index contributed by atoms with van der Waals surface area (Å²) in [7, 11) is 0. The summed E-state index contributed by atoms with van der Waals surface area (Å²) in [6, 6.07) is 26.8. The van der Waals surface area contributed by atoms with Crippen LogP contribution in [0.3, 0.4) is 0 Å². The molecular formula is C32H27N9. The Labute approximate surface area is 237 Å². The number of nitriles is 1. The van der Waals surface area contributed by atoms with Crippen LogP contribution in [0.2, 0.25) is 0 Å². The van der Waals surface area contributed by atoms with Gasteiger partial charge in [-0.2, -0.15) is 10.4 Å². The molecule has 0 amide bonds. The molecule has 5 heterocycles. The smallest absolute Gasteiger partial charge is 0.235 e. The SMILES string of the molecule is N#Cc1cnc2nc(-c3ccc(CN4CCC(c5n[nH]c(-c6ccccn6)n5)CC4)cc3)c(-c3ccccc3)cn12. The minimum absolute atomic E-state index is 0.351. The maximum absolute atomic E-state index is 9.50. The maximum atomic E-state index is 9.50. The second kappa shape index (κ2) is 10.8. The van der Waals surface area contributed by atoms with E-state index < -0.39 is 0 Å². The van der Waals surface area contributed by atoms with Gasteiger partial charge in [-0.05, 0) is 49.2 Å². The largest absolute Gasteiger partial charge is 0.299 e. The Morgan fingerprint density at radius 1 is 0.878 bits per heavy atom. The molecule has 0 atom stereocenters. The second-order valence-corrected chi connectivity index (χ2v) is 10.3. The van der Waals surface area contributed by atoms with Crippen molar-refractivity contribution < 1.29 is 0 Å². The highest BCUT2D eigenvalue weighted by atomic mass is 15.2. The zero-order valence-corrected chi connectivity index (χ0v) is 22.4. The lowest BCUT2D eigenvalue weighted by atomic mass is 9.95. The number of likely N-dealkylation sites (tertiary alicyclic amines) is 1. The van der Waals surface area contributed by atoms with Crippen LogP contribution in [0, 0.1) is 11.3 Å². The fraction of sp³-hybridized carbons (Fsp3) is 0.188. The van der Waals surface area contributed by atoms with Crippen molar-refractivity contribution in [2.75, 3.05) is 13.1 Å². The number of benzene rings is 2. The summed E-state index contributed by atoms with van der Waals surface area (Å²) in [6.45, 7) is 2.89. The summed E-state index contributed by atoms with van der Waals surface area (Å²) in [4.78, 5) is 20.8. The summed E-state index contributed by atoms with van der Waals surface area (Å²) in [5.41, 5.74) is 6.41. The van der Waals surface area contributed by atoms with Crippen LogP contribution in [0.15, 0.2) is 91.4 Å². The van der Waals surface area contributed by atoms with E-state index in [1.807, 2.05) is 42.6 Å². The lowest BCUT2D eigenvalue weighted by Crippen LogP contribution is -2.32. The molecule has 1 N–H and O–H groups in total. The molecule has 1 aliphatic heterocycles. The first-order valence-electron chi connectivity index (χ1n) is 13.7. The molecule has 0 radical (unpaired) electrons. The highest BCUT2D eigenvalue weighted by Crippen LogP contribution is 2.32. The predicted octanol–water partition coefficient (Wildman–Crippen LogP) is 5.49. The standard InChI is InChI=1S/C32H27N9/c33-18-26-19-35-32-36-29(27(21-41(26)32)23-6-2-1-3-7-23)24-11-9-22(10-12-24)20-40-16-13-25(14-17-40)30-37-31(39-38-30)28-8-4-5-15-34-28/h1-12,15,19,21,25H,13-14,16-17,20H2,(H,37,38,39). The quantitative estimate of drug-likeness (QED) is 0.299. The van der Waals surface area contributed by atoms with Crippen LogP contribution >= 0.6 is 0 Å². The number of hydrogen-bond donors (Lipinski definition) is 1. The van der Waals surface area contributed by atoms with E-state index in [0.717, 1.165) is 72.2 Å². The summed E-state index contributed by atoms with van der Waals surface area (Å²) in [5.74, 6) is 2.48. The van der Waals surface area contributed by atoms with E-state index >= 15 is 0 Å². The van der Waals surface area contributed by atoms with Gasteiger partial charge in [-0.15, -0.1) is 0 Å². The highest BCUT2D eigenvalue weighted by molar-refractivity contribution is 5.81. The second-order valence-electron chi connectivity index (χ2n) is 10.3. The molecule has 0 aliphatic carbocycles. The highest BCUT2D eigenvalue weighted by Gasteiger charge is 2.24. The van der Waals surface area contributed by atoms with E-state index in [9.17, 15) is 5.26 Å². The van der Waals surface area contributed by atoms with Gasteiger partial charge < -0.3 is 0 Å². The zero-order valence-electron chi connectivity index (χ0n) is 22.4. The van der Waals surface area contributed by atoms with Crippen molar-refractivity contribution in [2.24, 2.45) is 0 Å². The van der Waals surface area contributed by atoms with Crippen LogP contribution in [0.5, 0.6) is 0 Å². The number of nitrogens with one attached hydrogen (secondary N) is 1. The molecule has 9 heteroatoms. The van der Waals surface area contributed by atoms with Crippen molar-refractivity contribution in [3.8, 4) is 40.0 Å². The first-order chi connectivity index (χ1) is 20.2. The molecule has 2 aromatic carbocycles. The van der Waals surface area contributed by atoms with Gasteiger partial charge in [0.05, 0.1) is 11.9 Å². The Balaban J connectivity index is 1.06. The fourth-order valence-electron chi connectivity index (χ4n) is 5.49. The Bertz CT molecular complexity index is 1830. The number of piperidine rings is 1. The predicted molar refractivity (Wildman–Crippen MR) is 155 cm³/mol. The van der Waals surface area contributed by atoms with Gasteiger partial charge in [0.25, 0.3) is 0 Å². The maximum Gasteiger partial charge on any atom is 0.235 e. The Kier molecular flexibility index (Phi) is 6.51. The van der Waals surface area contributed by atoms with Crippen LogP contribution in [-0.2, 0) is 6.54 Å². The van der Waals surface area contributed by atoms with E-state index in [1.54, 1.807) is 16.8 Å². The number of pyridine rings is 1. The molecule has 4 aromatic heterocycles. The molecule has 6 aromatic rings. The minimum Gasteiger partial charge on any atom is -0.299 e. The van der Waals surface area contributed by atoms with E-state index in [4.69, 9.17) is 9.97 Å². The average Bonchev–Trinajstić information content (AvgIpc) is 3.70. The van der Waals surface area contributed by atoms with E-state index in [1.165, 1.54) is 5.56 Å². The van der Waals surface area contributed by atoms with Gasteiger partial charge in [0, 0.05) is 36.0 Å². The summed E-state index contributed by atoms with van der Waals surface area (Å²) in [5, 5.41) is 17.1. The molecule has 0 saturated carbocycles. The van der Waals surface area contributed by atoms with Gasteiger partial charge in [-0.25, -0.2) is 15.0 Å². The summed E-state index contributed by atoms with van der Waals surface area (Å²) in [6.07, 6.45) is 7.34. The third kappa shape index (κ3) is 4.97. The molecule has 7 rings (SSSR count). The van der Waals surface area contributed by atoms with Crippen molar-refractivity contribution in [1.29, 1.82) is 5.26 Å². The number of aromatic amines is 1. The lowest BCUT2D eigenvalue weighted by molar-refractivity contribution is 0.202. The first kappa shape index (κ1) is 24.8. The van der Waals surface area contributed by atoms with Crippen molar-refractivity contribution in [1.82, 2.24) is 39.4 Å². The van der Waals surface area contributed by atoms with Gasteiger partial charge in [0.1, 0.15) is 17.5 Å². The zero-order chi connectivity index (χ0) is 27.6. The van der Waals surface area contributed by atoms with Gasteiger partial charge in [0.2, 0.25) is 5.78 Å². The van der Waals surface area contributed by atoms with Crippen molar-refractivity contribution in [2.45, 2.75) is 25.3 Å². The van der Waals surface area contributed by atoms with Gasteiger partial charge in [-0.3, -0.25) is 19.4 Å². The number of fused-ring (bicyclic) bond motifs is 1. The molecule has 200 valence electrons. The van der Waals surface area contributed by atoms with Crippen molar-refractivity contribution >= 4 is 5.78 Å². The van der Waals surface area contributed by atoms with Crippen LogP contribution in [-0.4, -0.2) is 52.5 Å². The Hall–Kier alpha value is -5.20. The molecule has 0 spiro atoms. The van der Waals surface area contributed by atoms with E-state index in [-0.39, 0.29) is 0 Å². The summed E-state index contributed by atoms with van der Waals surface area (Å²) >= 11 is 0. The monoisotopic (exact) mass is 537 g/mol. The van der Waals surface area contributed by atoms with Crippen LogP contribution in [0.25, 0.3) is 39.7 Å². The molecule has 1 aliphatic rings. The fourth-order valence-corrected chi connectivity index (χ4v) is 5.49. The van der Waals surface area contributed by atoms with Gasteiger partial charge in [0.15, 0.2) is 11.6 Å². The van der Waals surface area contributed by atoms with Crippen LogP contribution in [0.1, 0.15) is 35.8 Å². The Morgan fingerprint density at radius 2 is 1.68 bits per heavy atom. The molecular weight excluding hydrogens is 510 g/mol. The summed E-state index contributed by atoms with van der Waals surface area (Å²) < 4.78 is 1.75.